The first-order chi connectivity index (χ1) is 7.85. The predicted molar refractivity (Wildman–Crippen MR) is 54.4 cm³/mol. The minimum absolute atomic E-state index is 0.182. The summed E-state index contributed by atoms with van der Waals surface area (Å²) >= 11 is 0. The number of nitrogens with one attached hydrogen (secondary N) is 2. The zero-order chi connectivity index (χ0) is 13.3. The molecule has 1 unspecified atom stereocenters. The first kappa shape index (κ1) is 16.1. The van der Waals surface area contributed by atoms with Gasteiger partial charge < -0.3 is 20.5 Å². The van der Waals surface area contributed by atoms with Crippen LogP contribution in [-0.2, 0) is 9.53 Å². The van der Waals surface area contributed by atoms with E-state index in [1.165, 1.54) is 7.11 Å². The monoisotopic (exact) mass is 258 g/mol. The van der Waals surface area contributed by atoms with Gasteiger partial charge in [-0.3, -0.25) is 4.79 Å². The van der Waals surface area contributed by atoms with Crippen molar-refractivity contribution < 1.29 is 27.8 Å². The number of rotatable bonds is 8. The Morgan fingerprint density at radius 3 is 2.65 bits per heavy atom. The second kappa shape index (κ2) is 8.26. The van der Waals surface area contributed by atoms with E-state index in [1.54, 1.807) is 5.32 Å². The summed E-state index contributed by atoms with van der Waals surface area (Å²) in [5, 5.41) is 13.5. The van der Waals surface area contributed by atoms with Gasteiger partial charge in [0.15, 0.2) is 0 Å². The zero-order valence-electron chi connectivity index (χ0n) is 9.51. The SMILES string of the molecule is COCC(O)CCNCC(=O)NCC(F)(F)F. The lowest BCUT2D eigenvalue weighted by Gasteiger charge is -2.11. The van der Waals surface area contributed by atoms with Crippen LogP contribution >= 0.6 is 0 Å². The molecule has 17 heavy (non-hydrogen) atoms. The molecule has 0 aromatic carbocycles. The molecule has 5 nitrogen and oxygen atoms in total. The van der Waals surface area contributed by atoms with Gasteiger partial charge >= 0.3 is 6.18 Å². The number of methoxy groups -OCH3 is 1. The van der Waals surface area contributed by atoms with Gasteiger partial charge in [0.1, 0.15) is 6.54 Å². The summed E-state index contributed by atoms with van der Waals surface area (Å²) in [5.74, 6) is -0.733. The van der Waals surface area contributed by atoms with Gasteiger partial charge in [-0.1, -0.05) is 0 Å². The number of hydrogen-bond acceptors (Lipinski definition) is 4. The topological polar surface area (TPSA) is 70.6 Å². The molecule has 3 N–H and O–H groups in total. The van der Waals surface area contributed by atoms with Crippen molar-refractivity contribution in [1.29, 1.82) is 0 Å². The maximum atomic E-state index is 11.7. The van der Waals surface area contributed by atoms with Crippen LogP contribution in [0.4, 0.5) is 13.2 Å². The zero-order valence-corrected chi connectivity index (χ0v) is 9.51. The number of hydrogen-bond donors (Lipinski definition) is 3. The molecule has 1 atom stereocenters. The summed E-state index contributed by atoms with van der Waals surface area (Å²) in [6.07, 6.45) is -4.68. The molecule has 0 aliphatic carbocycles. The lowest BCUT2D eigenvalue weighted by Crippen LogP contribution is -2.39. The van der Waals surface area contributed by atoms with E-state index in [9.17, 15) is 23.1 Å². The van der Waals surface area contributed by atoms with Crippen LogP contribution in [0, 0.1) is 0 Å². The number of aliphatic hydroxyl groups excluding tert-OH is 1. The maximum absolute atomic E-state index is 11.7. The molecule has 0 aromatic heterocycles. The number of aliphatic hydroxyl groups is 1. The fourth-order valence-corrected chi connectivity index (χ4v) is 1.01. The van der Waals surface area contributed by atoms with Gasteiger partial charge in [-0.15, -0.1) is 0 Å². The van der Waals surface area contributed by atoms with Gasteiger partial charge in [0, 0.05) is 7.11 Å². The molecule has 0 aromatic rings. The molecule has 0 saturated carbocycles. The lowest BCUT2D eigenvalue weighted by molar-refractivity contribution is -0.137. The second-order valence-corrected chi connectivity index (χ2v) is 3.47. The van der Waals surface area contributed by atoms with Crippen LogP contribution in [0.1, 0.15) is 6.42 Å². The first-order valence-electron chi connectivity index (χ1n) is 5.06. The Kier molecular flexibility index (Phi) is 7.85. The lowest BCUT2D eigenvalue weighted by atomic mass is 10.2. The third kappa shape index (κ3) is 11.4. The van der Waals surface area contributed by atoms with Gasteiger partial charge in [0.05, 0.1) is 19.3 Å². The summed E-state index contributed by atoms with van der Waals surface area (Å²) < 4.78 is 39.8. The predicted octanol–water partition coefficient (Wildman–Crippen LogP) is -0.348. The van der Waals surface area contributed by atoms with Crippen LogP contribution in [-0.4, -0.2) is 56.6 Å². The Morgan fingerprint density at radius 1 is 1.47 bits per heavy atom. The smallest absolute Gasteiger partial charge is 0.391 e. The molecular weight excluding hydrogens is 241 g/mol. The second-order valence-electron chi connectivity index (χ2n) is 3.47. The third-order valence-corrected chi connectivity index (χ3v) is 1.78. The van der Waals surface area contributed by atoms with E-state index in [1.807, 2.05) is 0 Å². The fourth-order valence-electron chi connectivity index (χ4n) is 1.01. The van der Waals surface area contributed by atoms with E-state index in [0.29, 0.717) is 13.0 Å². The van der Waals surface area contributed by atoms with Crippen molar-refractivity contribution in [2.45, 2.75) is 18.7 Å². The molecule has 0 heterocycles. The van der Waals surface area contributed by atoms with E-state index >= 15 is 0 Å². The molecule has 0 rings (SSSR count). The van der Waals surface area contributed by atoms with Gasteiger partial charge in [-0.05, 0) is 13.0 Å². The van der Waals surface area contributed by atoms with E-state index < -0.39 is 24.7 Å². The van der Waals surface area contributed by atoms with E-state index in [0.717, 1.165) is 0 Å². The Hall–Kier alpha value is -0.860. The van der Waals surface area contributed by atoms with Crippen molar-refractivity contribution in [1.82, 2.24) is 10.6 Å². The summed E-state index contributed by atoms with van der Waals surface area (Å²) in [4.78, 5) is 10.9. The maximum Gasteiger partial charge on any atom is 0.405 e. The molecule has 0 fully saturated rings. The first-order valence-corrected chi connectivity index (χ1v) is 5.06. The Balaban J connectivity index is 3.46. The van der Waals surface area contributed by atoms with Gasteiger partial charge in [-0.25, -0.2) is 0 Å². The average Bonchev–Trinajstić information content (AvgIpc) is 2.21. The third-order valence-electron chi connectivity index (χ3n) is 1.78. The summed E-state index contributed by atoms with van der Waals surface area (Å²) in [5.41, 5.74) is 0. The van der Waals surface area contributed by atoms with Crippen LogP contribution < -0.4 is 10.6 Å². The van der Waals surface area contributed by atoms with Gasteiger partial charge in [0.25, 0.3) is 0 Å². The van der Waals surface area contributed by atoms with Crippen molar-refractivity contribution in [3.8, 4) is 0 Å². The highest BCUT2D eigenvalue weighted by atomic mass is 19.4. The highest BCUT2D eigenvalue weighted by Crippen LogP contribution is 2.11. The molecule has 0 spiro atoms. The highest BCUT2D eigenvalue weighted by molar-refractivity contribution is 5.77. The number of halogens is 3. The van der Waals surface area contributed by atoms with Crippen LogP contribution in [0.15, 0.2) is 0 Å². The number of carbonyl (C=O) groups excluding carboxylic acids is 1. The van der Waals surface area contributed by atoms with Crippen molar-refractivity contribution >= 4 is 5.91 Å². The molecule has 0 aliphatic heterocycles. The number of carbonyl (C=O) groups is 1. The van der Waals surface area contributed by atoms with Crippen molar-refractivity contribution in [2.24, 2.45) is 0 Å². The van der Waals surface area contributed by atoms with Crippen molar-refractivity contribution in [2.75, 3.05) is 33.4 Å². The normalized spacial score (nSPS) is 13.5. The molecule has 102 valence electrons. The minimum atomic E-state index is -4.40. The van der Waals surface area contributed by atoms with E-state index in [2.05, 4.69) is 10.1 Å². The Morgan fingerprint density at radius 2 is 2.12 bits per heavy atom. The molecule has 0 radical (unpaired) electrons. The standard InChI is InChI=1S/C9H17F3N2O3/c1-17-5-7(15)2-3-13-4-8(16)14-6-9(10,11)12/h7,13,15H,2-6H2,1H3,(H,14,16). The van der Waals surface area contributed by atoms with Crippen molar-refractivity contribution in [3.05, 3.63) is 0 Å². The quantitative estimate of drug-likeness (QED) is 0.521. The summed E-state index contributed by atoms with van der Waals surface area (Å²) in [6.45, 7) is -1.04. The fraction of sp³-hybridized carbons (Fsp3) is 0.889. The number of ether oxygens (including phenoxy) is 1. The van der Waals surface area contributed by atoms with Crippen LogP contribution in [0.5, 0.6) is 0 Å². The van der Waals surface area contributed by atoms with Crippen LogP contribution in [0.3, 0.4) is 0 Å². The molecule has 1 amide bonds. The Labute approximate surface area is 97.3 Å². The molecule has 0 saturated heterocycles. The van der Waals surface area contributed by atoms with Crippen LogP contribution in [0.2, 0.25) is 0 Å². The van der Waals surface area contributed by atoms with Gasteiger partial charge in [-0.2, -0.15) is 13.2 Å². The van der Waals surface area contributed by atoms with E-state index in [4.69, 9.17) is 0 Å². The van der Waals surface area contributed by atoms with Crippen molar-refractivity contribution in [3.63, 3.8) is 0 Å². The highest BCUT2D eigenvalue weighted by Gasteiger charge is 2.27. The number of amides is 1. The van der Waals surface area contributed by atoms with Gasteiger partial charge in [0.2, 0.25) is 5.91 Å². The van der Waals surface area contributed by atoms with Crippen LogP contribution in [0.25, 0.3) is 0 Å². The van der Waals surface area contributed by atoms with E-state index in [-0.39, 0.29) is 13.2 Å². The molecular formula is C9H17F3N2O3. The largest absolute Gasteiger partial charge is 0.405 e. The minimum Gasteiger partial charge on any atom is -0.391 e. The molecule has 0 bridgehead atoms. The number of alkyl halides is 3. The Bertz CT molecular complexity index is 224. The summed E-state index contributed by atoms with van der Waals surface area (Å²) in [6, 6.07) is 0. The summed E-state index contributed by atoms with van der Waals surface area (Å²) in [7, 11) is 1.45. The molecule has 0 aliphatic rings. The molecule has 8 heteroatoms. The average molecular weight is 258 g/mol.